The molecule has 0 saturated carbocycles. The van der Waals surface area contributed by atoms with E-state index in [1.54, 1.807) is 18.2 Å². The summed E-state index contributed by atoms with van der Waals surface area (Å²) in [5, 5.41) is 4.60. The molecule has 0 radical (unpaired) electrons. The van der Waals surface area contributed by atoms with Crippen molar-refractivity contribution in [1.82, 2.24) is 5.32 Å². The quantitative estimate of drug-likeness (QED) is 0.839. The maximum absolute atomic E-state index is 12.8. The van der Waals surface area contributed by atoms with E-state index in [4.69, 9.17) is 23.2 Å². The standard InChI is InChI=1S/C15H14Cl2FN/c1-10(12-2-4-15(18)5-3-12)19-9-11-6-13(16)8-14(17)7-11/h2-8,10,19H,9H2,1H3/t10-/m0/s1. The van der Waals surface area contributed by atoms with Crippen molar-refractivity contribution in [2.24, 2.45) is 0 Å². The molecule has 0 spiro atoms. The van der Waals surface area contributed by atoms with Crippen molar-refractivity contribution < 1.29 is 4.39 Å². The minimum Gasteiger partial charge on any atom is -0.306 e. The van der Waals surface area contributed by atoms with E-state index in [1.165, 1.54) is 12.1 Å². The predicted molar refractivity (Wildman–Crippen MR) is 78.1 cm³/mol. The second-order valence-electron chi connectivity index (χ2n) is 4.43. The molecule has 100 valence electrons. The number of rotatable bonds is 4. The van der Waals surface area contributed by atoms with Crippen LogP contribution < -0.4 is 5.32 Å². The molecule has 2 aromatic rings. The molecule has 0 unspecified atom stereocenters. The van der Waals surface area contributed by atoms with Crippen molar-refractivity contribution in [3.05, 3.63) is 69.5 Å². The van der Waals surface area contributed by atoms with E-state index in [0.29, 0.717) is 16.6 Å². The first kappa shape index (κ1) is 14.3. The second-order valence-corrected chi connectivity index (χ2v) is 5.30. The molecule has 0 fully saturated rings. The van der Waals surface area contributed by atoms with Crippen molar-refractivity contribution in [3.8, 4) is 0 Å². The van der Waals surface area contributed by atoms with Gasteiger partial charge < -0.3 is 5.32 Å². The Labute approximate surface area is 122 Å². The molecule has 0 heterocycles. The number of nitrogens with one attached hydrogen (secondary N) is 1. The normalized spacial score (nSPS) is 12.4. The summed E-state index contributed by atoms with van der Waals surface area (Å²) in [6, 6.07) is 12.0. The molecule has 2 rings (SSSR count). The van der Waals surface area contributed by atoms with Crippen LogP contribution in [0.1, 0.15) is 24.1 Å². The molecule has 0 aliphatic heterocycles. The highest BCUT2D eigenvalue weighted by Gasteiger charge is 2.05. The van der Waals surface area contributed by atoms with E-state index in [1.807, 2.05) is 19.1 Å². The fourth-order valence-corrected chi connectivity index (χ4v) is 2.42. The number of benzene rings is 2. The molecular weight excluding hydrogens is 284 g/mol. The van der Waals surface area contributed by atoms with Gasteiger partial charge in [0.1, 0.15) is 5.82 Å². The number of halogens is 3. The summed E-state index contributed by atoms with van der Waals surface area (Å²) >= 11 is 11.9. The van der Waals surface area contributed by atoms with Gasteiger partial charge in [0.15, 0.2) is 0 Å². The van der Waals surface area contributed by atoms with Crippen molar-refractivity contribution in [1.29, 1.82) is 0 Å². The Balaban J connectivity index is 1.99. The smallest absolute Gasteiger partial charge is 0.123 e. The van der Waals surface area contributed by atoms with E-state index >= 15 is 0 Å². The van der Waals surface area contributed by atoms with E-state index in [0.717, 1.165) is 11.1 Å². The zero-order valence-corrected chi connectivity index (χ0v) is 12.0. The van der Waals surface area contributed by atoms with Crippen LogP contribution in [0.15, 0.2) is 42.5 Å². The Kier molecular flexibility index (Phi) is 4.81. The molecule has 4 heteroatoms. The minimum absolute atomic E-state index is 0.123. The summed E-state index contributed by atoms with van der Waals surface area (Å²) in [6.07, 6.45) is 0. The van der Waals surface area contributed by atoms with Crippen molar-refractivity contribution in [2.45, 2.75) is 19.5 Å². The Morgan fingerprint density at radius 2 is 1.63 bits per heavy atom. The van der Waals surface area contributed by atoms with Crippen molar-refractivity contribution >= 4 is 23.2 Å². The van der Waals surface area contributed by atoms with Gasteiger partial charge in [-0.15, -0.1) is 0 Å². The molecule has 0 aliphatic rings. The van der Waals surface area contributed by atoms with Crippen molar-refractivity contribution in [3.63, 3.8) is 0 Å². The lowest BCUT2D eigenvalue weighted by molar-refractivity contribution is 0.571. The van der Waals surface area contributed by atoms with Gasteiger partial charge in [-0.25, -0.2) is 4.39 Å². The highest BCUT2D eigenvalue weighted by Crippen LogP contribution is 2.20. The first-order chi connectivity index (χ1) is 9.04. The van der Waals surface area contributed by atoms with Gasteiger partial charge in [0.2, 0.25) is 0 Å². The Hall–Kier alpha value is -1.09. The largest absolute Gasteiger partial charge is 0.306 e. The summed E-state index contributed by atoms with van der Waals surface area (Å²) in [6.45, 7) is 2.68. The third kappa shape index (κ3) is 4.20. The molecule has 0 aliphatic carbocycles. The maximum Gasteiger partial charge on any atom is 0.123 e. The maximum atomic E-state index is 12.8. The van der Waals surface area contributed by atoms with Crippen LogP contribution in [0, 0.1) is 5.82 Å². The molecule has 0 bridgehead atoms. The fraction of sp³-hybridized carbons (Fsp3) is 0.200. The molecule has 1 nitrogen and oxygen atoms in total. The Bertz CT molecular complexity index is 534. The van der Waals surface area contributed by atoms with Crippen LogP contribution in [0.5, 0.6) is 0 Å². The highest BCUT2D eigenvalue weighted by molar-refractivity contribution is 6.34. The zero-order valence-electron chi connectivity index (χ0n) is 10.5. The van der Waals surface area contributed by atoms with Gasteiger partial charge >= 0.3 is 0 Å². The van der Waals surface area contributed by atoms with Gasteiger partial charge in [-0.2, -0.15) is 0 Å². The van der Waals surface area contributed by atoms with Gasteiger partial charge in [-0.3, -0.25) is 0 Å². The summed E-state index contributed by atoms with van der Waals surface area (Å²) in [5.74, 6) is -0.224. The van der Waals surface area contributed by atoms with E-state index in [2.05, 4.69) is 5.32 Å². The van der Waals surface area contributed by atoms with Crippen molar-refractivity contribution in [2.75, 3.05) is 0 Å². The van der Waals surface area contributed by atoms with Gasteiger partial charge in [-0.05, 0) is 48.4 Å². The number of hydrogen-bond donors (Lipinski definition) is 1. The average Bonchev–Trinajstić information content (AvgIpc) is 2.36. The molecule has 1 N–H and O–H groups in total. The lowest BCUT2D eigenvalue weighted by Gasteiger charge is -2.14. The minimum atomic E-state index is -0.224. The van der Waals surface area contributed by atoms with E-state index < -0.39 is 0 Å². The lowest BCUT2D eigenvalue weighted by atomic mass is 10.1. The lowest BCUT2D eigenvalue weighted by Crippen LogP contribution is -2.18. The zero-order chi connectivity index (χ0) is 13.8. The van der Waals surface area contributed by atoms with Crippen LogP contribution in [0.25, 0.3) is 0 Å². The SMILES string of the molecule is C[C@H](NCc1cc(Cl)cc(Cl)c1)c1ccc(F)cc1. The molecule has 0 aromatic heterocycles. The van der Waals surface area contributed by atoms with E-state index in [9.17, 15) is 4.39 Å². The highest BCUT2D eigenvalue weighted by atomic mass is 35.5. The third-order valence-electron chi connectivity index (χ3n) is 2.90. The molecule has 1 atom stereocenters. The van der Waals surface area contributed by atoms with Crippen LogP contribution in [0.2, 0.25) is 10.0 Å². The molecule has 19 heavy (non-hydrogen) atoms. The van der Waals surface area contributed by atoms with Crippen LogP contribution in [-0.2, 0) is 6.54 Å². The Morgan fingerprint density at radius 3 is 2.21 bits per heavy atom. The summed E-state index contributed by atoms with van der Waals surface area (Å²) in [7, 11) is 0. The molecule has 2 aromatic carbocycles. The third-order valence-corrected chi connectivity index (χ3v) is 3.34. The first-order valence-electron chi connectivity index (χ1n) is 5.98. The van der Waals surface area contributed by atoms with Gasteiger partial charge in [0.05, 0.1) is 0 Å². The first-order valence-corrected chi connectivity index (χ1v) is 6.74. The van der Waals surface area contributed by atoms with Gasteiger partial charge in [0, 0.05) is 22.6 Å². The van der Waals surface area contributed by atoms with Crippen LogP contribution >= 0.6 is 23.2 Å². The van der Waals surface area contributed by atoms with Crippen LogP contribution in [0.3, 0.4) is 0 Å². The molecular formula is C15H14Cl2FN. The Morgan fingerprint density at radius 1 is 1.05 bits per heavy atom. The monoisotopic (exact) mass is 297 g/mol. The summed E-state index contributed by atoms with van der Waals surface area (Å²) < 4.78 is 12.8. The predicted octanol–water partition coefficient (Wildman–Crippen LogP) is 4.98. The van der Waals surface area contributed by atoms with Gasteiger partial charge in [-0.1, -0.05) is 35.3 Å². The molecule has 0 saturated heterocycles. The van der Waals surface area contributed by atoms with Crippen LogP contribution in [-0.4, -0.2) is 0 Å². The van der Waals surface area contributed by atoms with Gasteiger partial charge in [0.25, 0.3) is 0 Å². The number of hydrogen-bond acceptors (Lipinski definition) is 1. The molecule has 0 amide bonds. The van der Waals surface area contributed by atoms with Crippen LogP contribution in [0.4, 0.5) is 4.39 Å². The fourth-order valence-electron chi connectivity index (χ4n) is 1.85. The topological polar surface area (TPSA) is 12.0 Å². The average molecular weight is 298 g/mol. The second kappa shape index (κ2) is 6.38. The summed E-state index contributed by atoms with van der Waals surface area (Å²) in [4.78, 5) is 0. The van der Waals surface area contributed by atoms with E-state index in [-0.39, 0.29) is 11.9 Å². The summed E-state index contributed by atoms with van der Waals surface area (Å²) in [5.41, 5.74) is 2.06.